The fourth-order valence-corrected chi connectivity index (χ4v) is 3.10. The molecule has 2 saturated heterocycles. The molecule has 0 saturated carbocycles. The molecule has 3 rings (SSSR count). The van der Waals surface area contributed by atoms with Gasteiger partial charge in [-0.3, -0.25) is 14.9 Å². The van der Waals surface area contributed by atoms with Crippen molar-refractivity contribution in [1.82, 2.24) is 10.6 Å². The Morgan fingerprint density at radius 3 is 2.68 bits per heavy atom. The molecule has 0 spiro atoms. The molecule has 6 heteroatoms. The highest BCUT2D eigenvalue weighted by Gasteiger charge is 2.30. The van der Waals surface area contributed by atoms with E-state index in [9.17, 15) is 9.59 Å². The largest absolute Gasteiger partial charge is 0.496 e. The van der Waals surface area contributed by atoms with Gasteiger partial charge in [-0.1, -0.05) is 6.07 Å². The Hall–Kier alpha value is -2.08. The maximum Gasteiger partial charge on any atom is 0.234 e. The van der Waals surface area contributed by atoms with Crippen LogP contribution in [0.5, 0.6) is 5.75 Å². The number of carbonyl (C=O) groups is 2. The SMILES string of the molecule is COc1cc(N2CCNCC2)ccc1C1CCC(=O)NC1=O. The number of anilines is 1. The van der Waals surface area contributed by atoms with Crippen molar-refractivity contribution in [2.75, 3.05) is 38.2 Å². The summed E-state index contributed by atoms with van der Waals surface area (Å²) in [6.45, 7) is 3.86. The summed E-state index contributed by atoms with van der Waals surface area (Å²) < 4.78 is 5.50. The van der Waals surface area contributed by atoms with Gasteiger partial charge in [0.2, 0.25) is 11.8 Å². The van der Waals surface area contributed by atoms with Gasteiger partial charge in [0.25, 0.3) is 0 Å². The summed E-state index contributed by atoms with van der Waals surface area (Å²) in [6.07, 6.45) is 0.910. The van der Waals surface area contributed by atoms with Crippen LogP contribution in [0.3, 0.4) is 0 Å². The van der Waals surface area contributed by atoms with Crippen LogP contribution in [0.2, 0.25) is 0 Å². The average Bonchev–Trinajstić information content (AvgIpc) is 2.55. The van der Waals surface area contributed by atoms with Crippen LogP contribution < -0.4 is 20.3 Å². The number of methoxy groups -OCH3 is 1. The molecule has 0 radical (unpaired) electrons. The Morgan fingerprint density at radius 2 is 2.00 bits per heavy atom. The van der Waals surface area contributed by atoms with Crippen molar-refractivity contribution in [2.45, 2.75) is 18.8 Å². The lowest BCUT2D eigenvalue weighted by molar-refractivity contribution is -0.134. The highest BCUT2D eigenvalue weighted by atomic mass is 16.5. The first-order chi connectivity index (χ1) is 10.7. The van der Waals surface area contributed by atoms with Crippen molar-refractivity contribution < 1.29 is 14.3 Å². The lowest BCUT2D eigenvalue weighted by Crippen LogP contribution is -2.43. The number of imide groups is 1. The van der Waals surface area contributed by atoms with E-state index in [1.807, 2.05) is 18.2 Å². The lowest BCUT2D eigenvalue weighted by atomic mass is 9.89. The fourth-order valence-electron chi connectivity index (χ4n) is 3.10. The predicted molar refractivity (Wildman–Crippen MR) is 83.2 cm³/mol. The summed E-state index contributed by atoms with van der Waals surface area (Å²) in [6, 6.07) is 5.98. The summed E-state index contributed by atoms with van der Waals surface area (Å²) in [5.41, 5.74) is 1.96. The molecule has 6 nitrogen and oxygen atoms in total. The third-order valence-corrected chi connectivity index (χ3v) is 4.31. The summed E-state index contributed by atoms with van der Waals surface area (Å²) >= 11 is 0. The molecule has 0 aliphatic carbocycles. The molecule has 22 heavy (non-hydrogen) atoms. The van der Waals surface area contributed by atoms with E-state index in [2.05, 4.69) is 15.5 Å². The molecule has 2 N–H and O–H groups in total. The van der Waals surface area contributed by atoms with Crippen LogP contribution >= 0.6 is 0 Å². The fraction of sp³-hybridized carbons (Fsp3) is 0.500. The first kappa shape index (κ1) is 14.8. The van der Waals surface area contributed by atoms with Gasteiger partial charge in [-0.2, -0.15) is 0 Å². The van der Waals surface area contributed by atoms with Crippen LogP contribution in [-0.2, 0) is 9.59 Å². The van der Waals surface area contributed by atoms with Gasteiger partial charge in [0.05, 0.1) is 13.0 Å². The van der Waals surface area contributed by atoms with Crippen LogP contribution in [-0.4, -0.2) is 45.1 Å². The molecule has 2 fully saturated rings. The predicted octanol–water partition coefficient (Wildman–Crippen LogP) is 0.625. The molecule has 1 aromatic carbocycles. The molecular weight excluding hydrogens is 282 g/mol. The number of benzene rings is 1. The highest BCUT2D eigenvalue weighted by Crippen LogP contribution is 2.35. The second-order valence-corrected chi connectivity index (χ2v) is 5.67. The number of hydrogen-bond acceptors (Lipinski definition) is 5. The number of amides is 2. The lowest BCUT2D eigenvalue weighted by Gasteiger charge is -2.30. The van der Waals surface area contributed by atoms with Crippen molar-refractivity contribution in [3.8, 4) is 5.75 Å². The number of hydrogen-bond donors (Lipinski definition) is 2. The molecule has 2 heterocycles. The second kappa shape index (κ2) is 6.36. The van der Waals surface area contributed by atoms with Crippen LogP contribution in [0.4, 0.5) is 5.69 Å². The van der Waals surface area contributed by atoms with E-state index in [1.54, 1.807) is 7.11 Å². The van der Waals surface area contributed by atoms with E-state index in [-0.39, 0.29) is 17.7 Å². The zero-order valence-corrected chi connectivity index (χ0v) is 12.7. The van der Waals surface area contributed by atoms with Gasteiger partial charge >= 0.3 is 0 Å². The maximum atomic E-state index is 12.1. The van der Waals surface area contributed by atoms with E-state index in [0.29, 0.717) is 18.6 Å². The molecule has 118 valence electrons. The second-order valence-electron chi connectivity index (χ2n) is 5.67. The number of nitrogens with one attached hydrogen (secondary N) is 2. The molecule has 2 aliphatic heterocycles. The summed E-state index contributed by atoms with van der Waals surface area (Å²) in [7, 11) is 1.62. The molecular formula is C16H21N3O3. The summed E-state index contributed by atoms with van der Waals surface area (Å²) in [4.78, 5) is 25.6. The van der Waals surface area contributed by atoms with Gasteiger partial charge < -0.3 is 15.0 Å². The highest BCUT2D eigenvalue weighted by molar-refractivity contribution is 6.01. The molecule has 0 bridgehead atoms. The molecule has 2 amide bonds. The Balaban J connectivity index is 1.85. The van der Waals surface area contributed by atoms with Gasteiger partial charge in [0.15, 0.2) is 0 Å². The number of piperidine rings is 1. The minimum absolute atomic E-state index is 0.197. The normalized spacial score (nSPS) is 22.4. The topological polar surface area (TPSA) is 70.7 Å². The number of piperazine rings is 1. The number of rotatable bonds is 3. The van der Waals surface area contributed by atoms with E-state index in [1.165, 1.54) is 0 Å². The van der Waals surface area contributed by atoms with Crippen LogP contribution in [0.1, 0.15) is 24.3 Å². The molecule has 2 aliphatic rings. The molecule has 0 aromatic heterocycles. The van der Waals surface area contributed by atoms with Crippen molar-refractivity contribution in [3.05, 3.63) is 23.8 Å². The Bertz CT molecular complexity index is 582. The maximum absolute atomic E-state index is 12.1. The molecule has 1 atom stereocenters. The van der Waals surface area contributed by atoms with Crippen molar-refractivity contribution in [1.29, 1.82) is 0 Å². The van der Waals surface area contributed by atoms with E-state index < -0.39 is 0 Å². The number of ether oxygens (including phenoxy) is 1. The van der Waals surface area contributed by atoms with Gasteiger partial charge in [0, 0.05) is 49.9 Å². The van der Waals surface area contributed by atoms with E-state index in [4.69, 9.17) is 4.74 Å². The van der Waals surface area contributed by atoms with Gasteiger partial charge in [-0.25, -0.2) is 0 Å². The summed E-state index contributed by atoms with van der Waals surface area (Å²) in [5.74, 6) is -0.0302. The van der Waals surface area contributed by atoms with Crippen molar-refractivity contribution in [3.63, 3.8) is 0 Å². The van der Waals surface area contributed by atoms with Crippen LogP contribution in [0.15, 0.2) is 18.2 Å². The summed E-state index contributed by atoms with van der Waals surface area (Å²) in [5, 5.41) is 5.73. The van der Waals surface area contributed by atoms with E-state index in [0.717, 1.165) is 37.4 Å². The molecule has 1 aromatic rings. The van der Waals surface area contributed by atoms with Crippen molar-refractivity contribution >= 4 is 17.5 Å². The van der Waals surface area contributed by atoms with Crippen LogP contribution in [0.25, 0.3) is 0 Å². The van der Waals surface area contributed by atoms with Crippen molar-refractivity contribution in [2.24, 2.45) is 0 Å². The first-order valence-corrected chi connectivity index (χ1v) is 7.66. The van der Waals surface area contributed by atoms with Gasteiger partial charge in [-0.05, 0) is 12.5 Å². The van der Waals surface area contributed by atoms with Crippen LogP contribution in [0, 0.1) is 0 Å². The molecule has 1 unspecified atom stereocenters. The third-order valence-electron chi connectivity index (χ3n) is 4.31. The smallest absolute Gasteiger partial charge is 0.234 e. The minimum Gasteiger partial charge on any atom is -0.496 e. The average molecular weight is 303 g/mol. The van der Waals surface area contributed by atoms with Gasteiger partial charge in [-0.15, -0.1) is 0 Å². The third kappa shape index (κ3) is 2.92. The quantitative estimate of drug-likeness (QED) is 0.801. The van der Waals surface area contributed by atoms with Gasteiger partial charge in [0.1, 0.15) is 5.75 Å². The zero-order valence-electron chi connectivity index (χ0n) is 12.7. The first-order valence-electron chi connectivity index (χ1n) is 7.66. The Labute approximate surface area is 129 Å². The number of nitrogens with zero attached hydrogens (tertiary/aromatic N) is 1. The minimum atomic E-state index is -0.315. The Kier molecular flexibility index (Phi) is 4.29. The Morgan fingerprint density at radius 1 is 1.23 bits per heavy atom. The monoisotopic (exact) mass is 303 g/mol. The standard InChI is InChI=1S/C16H21N3O3/c1-22-14-10-11(19-8-6-17-7-9-19)2-3-12(14)13-4-5-15(20)18-16(13)21/h2-3,10,13,17H,4-9H2,1H3,(H,18,20,21). The van der Waals surface area contributed by atoms with E-state index >= 15 is 0 Å². The zero-order chi connectivity index (χ0) is 15.5. The number of carbonyl (C=O) groups excluding carboxylic acids is 2.